The van der Waals surface area contributed by atoms with E-state index in [9.17, 15) is 0 Å². The van der Waals surface area contributed by atoms with Crippen molar-refractivity contribution in [1.29, 1.82) is 0 Å². The van der Waals surface area contributed by atoms with Gasteiger partial charge in [0.05, 0.1) is 11.9 Å². The van der Waals surface area contributed by atoms with Gasteiger partial charge >= 0.3 is 0 Å². The number of benzene rings is 1. The van der Waals surface area contributed by atoms with Gasteiger partial charge in [0.2, 0.25) is 0 Å². The van der Waals surface area contributed by atoms with E-state index in [1.807, 2.05) is 29.1 Å². The second-order valence-corrected chi connectivity index (χ2v) is 5.52. The van der Waals surface area contributed by atoms with Crippen molar-refractivity contribution in [3.8, 4) is 5.69 Å². The van der Waals surface area contributed by atoms with Crippen LogP contribution in [0.15, 0.2) is 42.7 Å². The summed E-state index contributed by atoms with van der Waals surface area (Å²) < 4.78 is 1.94. The molecule has 2 aromatic rings. The fourth-order valence-corrected chi connectivity index (χ4v) is 2.87. The van der Waals surface area contributed by atoms with Crippen LogP contribution in [0, 0.1) is 5.92 Å². The van der Waals surface area contributed by atoms with Crippen LogP contribution in [-0.4, -0.2) is 15.8 Å². The summed E-state index contributed by atoms with van der Waals surface area (Å²) in [5.41, 5.74) is 2.37. The third kappa shape index (κ3) is 2.87. The highest BCUT2D eigenvalue weighted by atomic mass is 15.3. The number of hydrogen-bond donors (Lipinski definition) is 1. The number of nitrogens with one attached hydrogen (secondary N) is 1. The van der Waals surface area contributed by atoms with Crippen LogP contribution in [-0.2, 0) is 6.54 Å². The Morgan fingerprint density at radius 1 is 1.26 bits per heavy atom. The second kappa shape index (κ2) is 5.57. The van der Waals surface area contributed by atoms with Crippen molar-refractivity contribution in [2.45, 2.75) is 38.8 Å². The fraction of sp³-hybridized carbons (Fsp3) is 0.438. The highest BCUT2D eigenvalue weighted by Crippen LogP contribution is 2.25. The normalized spacial score (nSPS) is 22.8. The molecule has 3 heteroatoms. The topological polar surface area (TPSA) is 29.9 Å². The van der Waals surface area contributed by atoms with Crippen molar-refractivity contribution in [3.05, 3.63) is 48.3 Å². The zero-order valence-electron chi connectivity index (χ0n) is 11.4. The highest BCUT2D eigenvalue weighted by Gasteiger charge is 2.22. The lowest BCUT2D eigenvalue weighted by molar-refractivity contribution is 0.426. The number of rotatable bonds is 4. The van der Waals surface area contributed by atoms with Gasteiger partial charge in [-0.1, -0.05) is 31.5 Å². The molecule has 1 aliphatic carbocycles. The molecule has 0 aliphatic heterocycles. The minimum atomic E-state index is 0.681. The maximum atomic E-state index is 4.43. The number of hydrogen-bond acceptors (Lipinski definition) is 2. The minimum Gasteiger partial charge on any atom is -0.310 e. The standard InChI is InChI=1S/C16H21N3/c1-13-6-5-9-16(13)17-10-14-11-18-19(12-14)15-7-3-2-4-8-15/h2-4,7-8,11-13,16-17H,5-6,9-10H2,1H3. The van der Waals surface area contributed by atoms with Crippen LogP contribution < -0.4 is 5.32 Å². The summed E-state index contributed by atoms with van der Waals surface area (Å²) in [5, 5.41) is 8.09. The molecule has 1 aliphatic rings. The molecule has 2 atom stereocenters. The van der Waals surface area contributed by atoms with Crippen LogP contribution >= 0.6 is 0 Å². The van der Waals surface area contributed by atoms with Crippen molar-refractivity contribution >= 4 is 0 Å². The summed E-state index contributed by atoms with van der Waals surface area (Å²) >= 11 is 0. The second-order valence-electron chi connectivity index (χ2n) is 5.52. The molecule has 0 saturated heterocycles. The SMILES string of the molecule is CC1CCCC1NCc1cnn(-c2ccccc2)c1. The minimum absolute atomic E-state index is 0.681. The van der Waals surface area contributed by atoms with E-state index in [4.69, 9.17) is 0 Å². The van der Waals surface area contributed by atoms with Crippen LogP contribution in [0.2, 0.25) is 0 Å². The first-order chi connectivity index (χ1) is 9.33. The van der Waals surface area contributed by atoms with Gasteiger partial charge < -0.3 is 5.32 Å². The van der Waals surface area contributed by atoms with Crippen LogP contribution in [0.25, 0.3) is 5.69 Å². The molecule has 2 unspecified atom stereocenters. The average molecular weight is 255 g/mol. The van der Waals surface area contributed by atoms with Gasteiger partial charge in [-0.25, -0.2) is 4.68 Å². The van der Waals surface area contributed by atoms with E-state index in [-0.39, 0.29) is 0 Å². The van der Waals surface area contributed by atoms with Gasteiger partial charge in [-0.05, 0) is 30.9 Å². The van der Waals surface area contributed by atoms with Gasteiger partial charge in [-0.2, -0.15) is 5.10 Å². The largest absolute Gasteiger partial charge is 0.310 e. The molecular formula is C16H21N3. The van der Waals surface area contributed by atoms with E-state index in [0.717, 1.165) is 18.2 Å². The van der Waals surface area contributed by atoms with E-state index in [1.54, 1.807) is 0 Å². The monoisotopic (exact) mass is 255 g/mol. The Hall–Kier alpha value is -1.61. The maximum Gasteiger partial charge on any atom is 0.0645 e. The molecule has 1 heterocycles. The summed E-state index contributed by atoms with van der Waals surface area (Å²) in [6.45, 7) is 3.26. The third-order valence-electron chi connectivity index (χ3n) is 4.09. The zero-order valence-corrected chi connectivity index (χ0v) is 11.4. The van der Waals surface area contributed by atoms with Gasteiger partial charge in [0, 0.05) is 24.3 Å². The Labute approximate surface area is 114 Å². The molecule has 1 fully saturated rings. The van der Waals surface area contributed by atoms with Crippen molar-refractivity contribution in [1.82, 2.24) is 15.1 Å². The van der Waals surface area contributed by atoms with E-state index in [2.05, 4.69) is 35.7 Å². The predicted octanol–water partition coefficient (Wildman–Crippen LogP) is 3.15. The van der Waals surface area contributed by atoms with Crippen LogP contribution in [0.4, 0.5) is 0 Å². The summed E-state index contributed by atoms with van der Waals surface area (Å²) in [4.78, 5) is 0. The Bertz CT molecular complexity index is 518. The van der Waals surface area contributed by atoms with Crippen molar-refractivity contribution in [2.75, 3.05) is 0 Å². The van der Waals surface area contributed by atoms with Gasteiger partial charge in [0.15, 0.2) is 0 Å². The molecule has 1 aromatic heterocycles. The quantitative estimate of drug-likeness (QED) is 0.909. The number of aromatic nitrogens is 2. The number of nitrogens with zero attached hydrogens (tertiary/aromatic N) is 2. The Balaban J connectivity index is 1.62. The lowest BCUT2D eigenvalue weighted by Gasteiger charge is -2.16. The molecular weight excluding hydrogens is 234 g/mol. The van der Waals surface area contributed by atoms with Gasteiger partial charge in [0.25, 0.3) is 0 Å². The molecule has 100 valence electrons. The van der Waals surface area contributed by atoms with Gasteiger partial charge in [0.1, 0.15) is 0 Å². The van der Waals surface area contributed by atoms with E-state index in [0.29, 0.717) is 6.04 Å². The Morgan fingerprint density at radius 3 is 2.84 bits per heavy atom. The van der Waals surface area contributed by atoms with E-state index >= 15 is 0 Å². The first kappa shape index (κ1) is 12.4. The molecule has 3 nitrogen and oxygen atoms in total. The van der Waals surface area contributed by atoms with Crippen LogP contribution in [0.1, 0.15) is 31.7 Å². The first-order valence-corrected chi connectivity index (χ1v) is 7.15. The molecule has 1 aromatic carbocycles. The third-order valence-corrected chi connectivity index (χ3v) is 4.09. The summed E-state index contributed by atoms with van der Waals surface area (Å²) in [6, 6.07) is 10.9. The van der Waals surface area contributed by atoms with Crippen molar-refractivity contribution < 1.29 is 0 Å². The summed E-state index contributed by atoms with van der Waals surface area (Å²) in [6.07, 6.45) is 8.11. The molecule has 0 bridgehead atoms. The first-order valence-electron chi connectivity index (χ1n) is 7.15. The maximum absolute atomic E-state index is 4.43. The van der Waals surface area contributed by atoms with Crippen molar-refractivity contribution in [3.63, 3.8) is 0 Å². The lowest BCUT2D eigenvalue weighted by Crippen LogP contribution is -2.30. The average Bonchev–Trinajstić information content (AvgIpc) is 3.06. The van der Waals surface area contributed by atoms with Crippen LogP contribution in [0.3, 0.4) is 0 Å². The Kier molecular flexibility index (Phi) is 3.65. The van der Waals surface area contributed by atoms with E-state index < -0.39 is 0 Å². The number of para-hydroxylation sites is 1. The molecule has 3 rings (SSSR count). The molecule has 0 radical (unpaired) electrons. The van der Waals surface area contributed by atoms with Gasteiger partial charge in [-0.3, -0.25) is 0 Å². The molecule has 1 N–H and O–H groups in total. The predicted molar refractivity (Wildman–Crippen MR) is 77.2 cm³/mol. The molecule has 1 saturated carbocycles. The van der Waals surface area contributed by atoms with Gasteiger partial charge in [-0.15, -0.1) is 0 Å². The smallest absolute Gasteiger partial charge is 0.0645 e. The van der Waals surface area contributed by atoms with Crippen LogP contribution in [0.5, 0.6) is 0 Å². The molecule has 0 spiro atoms. The Morgan fingerprint density at radius 2 is 2.11 bits per heavy atom. The van der Waals surface area contributed by atoms with Crippen molar-refractivity contribution in [2.24, 2.45) is 5.92 Å². The molecule has 0 amide bonds. The fourth-order valence-electron chi connectivity index (χ4n) is 2.87. The summed E-state index contributed by atoms with van der Waals surface area (Å²) in [5.74, 6) is 0.809. The molecule has 19 heavy (non-hydrogen) atoms. The van der Waals surface area contributed by atoms with E-state index in [1.165, 1.54) is 24.8 Å². The zero-order chi connectivity index (χ0) is 13.1. The lowest BCUT2D eigenvalue weighted by atomic mass is 10.1. The highest BCUT2D eigenvalue weighted by molar-refractivity contribution is 5.30. The summed E-state index contributed by atoms with van der Waals surface area (Å²) in [7, 11) is 0.